The summed E-state index contributed by atoms with van der Waals surface area (Å²) >= 11 is 0. The van der Waals surface area contributed by atoms with Crippen molar-refractivity contribution in [2.24, 2.45) is 4.99 Å². The lowest BCUT2D eigenvalue weighted by molar-refractivity contribution is 0.0908. The standard InChI is InChI=1S/C24H31N3O3S/c28-24(27-18-8-5-11-23(27)25-21-9-3-1-4-10-21)19-20-12-14-22(15-13-20)31(29,30)26-16-6-2-7-17-26/h5,8,11-15,18,21H,1-4,6-7,9-10,16-17,19H2. The van der Waals surface area contributed by atoms with Crippen molar-refractivity contribution in [3.63, 3.8) is 0 Å². The molecular formula is C24H31N3O3S. The highest BCUT2D eigenvalue weighted by Crippen LogP contribution is 2.21. The lowest BCUT2D eigenvalue weighted by Crippen LogP contribution is -2.35. The predicted octanol–water partition coefficient (Wildman–Crippen LogP) is 3.78. The van der Waals surface area contributed by atoms with Gasteiger partial charge in [-0.25, -0.2) is 8.42 Å². The normalized spacial score (nSPS) is 19.4. The SMILES string of the molecule is O=C(Cc1ccc(S(=O)(=O)N2CCCCC2)cc1)n1ccccc1=NC1CCCCC1. The van der Waals surface area contributed by atoms with Crippen molar-refractivity contribution in [2.45, 2.75) is 68.7 Å². The lowest BCUT2D eigenvalue weighted by Gasteiger charge is -2.25. The Morgan fingerprint density at radius 2 is 1.58 bits per heavy atom. The third-order valence-electron chi connectivity index (χ3n) is 6.23. The minimum Gasteiger partial charge on any atom is -0.274 e. The number of pyridine rings is 1. The topological polar surface area (TPSA) is 71.7 Å². The van der Waals surface area contributed by atoms with Crippen LogP contribution >= 0.6 is 0 Å². The first kappa shape index (κ1) is 22.0. The third kappa shape index (κ3) is 5.33. The number of carbonyl (C=O) groups excluding carboxylic acids is 1. The van der Waals surface area contributed by atoms with Gasteiger partial charge in [0.05, 0.1) is 17.4 Å². The number of rotatable bonds is 5. The first-order chi connectivity index (χ1) is 15.0. The molecule has 2 heterocycles. The Kier molecular flexibility index (Phi) is 7.02. The molecule has 7 heteroatoms. The molecule has 1 aromatic heterocycles. The summed E-state index contributed by atoms with van der Waals surface area (Å²) in [7, 11) is -3.45. The van der Waals surface area contributed by atoms with Gasteiger partial charge in [-0.2, -0.15) is 4.31 Å². The van der Waals surface area contributed by atoms with Crippen molar-refractivity contribution in [2.75, 3.05) is 13.1 Å². The molecule has 1 saturated heterocycles. The van der Waals surface area contributed by atoms with Crippen LogP contribution in [0.5, 0.6) is 0 Å². The molecule has 0 spiro atoms. The van der Waals surface area contributed by atoms with Crippen molar-refractivity contribution in [1.82, 2.24) is 8.87 Å². The lowest BCUT2D eigenvalue weighted by atomic mass is 9.96. The van der Waals surface area contributed by atoms with Crippen LogP contribution < -0.4 is 5.49 Å². The van der Waals surface area contributed by atoms with Gasteiger partial charge in [-0.3, -0.25) is 14.4 Å². The molecule has 1 aliphatic carbocycles. The molecule has 1 aliphatic heterocycles. The van der Waals surface area contributed by atoms with E-state index < -0.39 is 10.0 Å². The molecule has 0 bridgehead atoms. The quantitative estimate of drug-likeness (QED) is 0.709. The monoisotopic (exact) mass is 441 g/mol. The van der Waals surface area contributed by atoms with Crippen LogP contribution in [-0.2, 0) is 16.4 Å². The molecule has 166 valence electrons. The van der Waals surface area contributed by atoms with E-state index in [-0.39, 0.29) is 18.4 Å². The van der Waals surface area contributed by atoms with Crippen LogP contribution in [-0.4, -0.2) is 42.3 Å². The molecule has 2 fully saturated rings. The summed E-state index contributed by atoms with van der Waals surface area (Å²) in [6.07, 6.45) is 10.7. The van der Waals surface area contributed by atoms with Crippen LogP contribution in [0.4, 0.5) is 0 Å². The van der Waals surface area contributed by atoms with Crippen molar-refractivity contribution >= 4 is 15.9 Å². The minimum absolute atomic E-state index is 0.0678. The van der Waals surface area contributed by atoms with Gasteiger partial charge in [-0.15, -0.1) is 0 Å². The van der Waals surface area contributed by atoms with E-state index in [4.69, 9.17) is 4.99 Å². The first-order valence-corrected chi connectivity index (χ1v) is 12.8. The number of sulfonamides is 1. The number of nitrogens with zero attached hydrogens (tertiary/aromatic N) is 3. The zero-order valence-corrected chi connectivity index (χ0v) is 18.8. The number of hydrogen-bond donors (Lipinski definition) is 0. The Hall–Kier alpha value is -2.25. The summed E-state index contributed by atoms with van der Waals surface area (Å²) in [6.45, 7) is 1.17. The number of benzene rings is 1. The average molecular weight is 442 g/mol. The highest BCUT2D eigenvalue weighted by Gasteiger charge is 2.25. The fraction of sp³-hybridized carbons (Fsp3) is 0.500. The van der Waals surface area contributed by atoms with Gasteiger partial charge in [0.1, 0.15) is 5.49 Å². The molecule has 0 radical (unpaired) electrons. The molecule has 2 aromatic rings. The Bertz CT molecular complexity index is 1060. The van der Waals surface area contributed by atoms with E-state index in [2.05, 4.69) is 0 Å². The van der Waals surface area contributed by atoms with Crippen LogP contribution in [0.25, 0.3) is 0 Å². The highest BCUT2D eigenvalue weighted by atomic mass is 32.2. The van der Waals surface area contributed by atoms with Gasteiger partial charge in [0.25, 0.3) is 0 Å². The second kappa shape index (κ2) is 9.92. The van der Waals surface area contributed by atoms with Crippen LogP contribution in [0.1, 0.15) is 61.7 Å². The Morgan fingerprint density at radius 3 is 2.29 bits per heavy atom. The summed E-state index contributed by atoms with van der Waals surface area (Å²) in [5.41, 5.74) is 1.49. The third-order valence-corrected chi connectivity index (χ3v) is 8.14. The Balaban J connectivity index is 1.49. The average Bonchev–Trinajstić information content (AvgIpc) is 2.81. The smallest absolute Gasteiger partial charge is 0.243 e. The van der Waals surface area contributed by atoms with E-state index in [1.165, 1.54) is 19.3 Å². The number of carbonyl (C=O) groups is 1. The van der Waals surface area contributed by atoms with Gasteiger partial charge in [-0.05, 0) is 55.5 Å². The molecule has 0 atom stereocenters. The molecule has 0 amide bonds. The van der Waals surface area contributed by atoms with Crippen LogP contribution in [0, 0.1) is 0 Å². The summed E-state index contributed by atoms with van der Waals surface area (Å²) in [6, 6.07) is 12.7. The maximum Gasteiger partial charge on any atom is 0.243 e. The molecule has 2 aliphatic rings. The molecule has 31 heavy (non-hydrogen) atoms. The maximum absolute atomic E-state index is 13.0. The zero-order valence-electron chi connectivity index (χ0n) is 17.9. The van der Waals surface area contributed by atoms with Crippen LogP contribution in [0.15, 0.2) is 58.5 Å². The number of aromatic nitrogens is 1. The second-order valence-corrected chi connectivity index (χ2v) is 10.5. The second-order valence-electron chi connectivity index (χ2n) is 8.53. The highest BCUT2D eigenvalue weighted by molar-refractivity contribution is 7.89. The van der Waals surface area contributed by atoms with Crippen molar-refractivity contribution in [1.29, 1.82) is 0 Å². The van der Waals surface area contributed by atoms with Gasteiger partial charge >= 0.3 is 0 Å². The summed E-state index contributed by atoms with van der Waals surface area (Å²) in [5.74, 6) is -0.0678. The van der Waals surface area contributed by atoms with Gasteiger partial charge in [0, 0.05) is 19.3 Å². The van der Waals surface area contributed by atoms with E-state index in [9.17, 15) is 13.2 Å². The largest absolute Gasteiger partial charge is 0.274 e. The molecule has 0 N–H and O–H groups in total. The van der Waals surface area contributed by atoms with E-state index >= 15 is 0 Å². The molecular weight excluding hydrogens is 410 g/mol. The van der Waals surface area contributed by atoms with Gasteiger partial charge in [0.2, 0.25) is 15.9 Å². The fourth-order valence-electron chi connectivity index (χ4n) is 4.44. The molecule has 4 rings (SSSR count). The molecule has 1 saturated carbocycles. The summed E-state index contributed by atoms with van der Waals surface area (Å²) in [5, 5.41) is 0. The van der Waals surface area contributed by atoms with Crippen LogP contribution in [0.3, 0.4) is 0 Å². The van der Waals surface area contributed by atoms with Crippen molar-refractivity contribution < 1.29 is 13.2 Å². The predicted molar refractivity (Wildman–Crippen MR) is 120 cm³/mol. The van der Waals surface area contributed by atoms with E-state index in [1.807, 2.05) is 18.2 Å². The summed E-state index contributed by atoms with van der Waals surface area (Å²) in [4.78, 5) is 18.1. The molecule has 0 unspecified atom stereocenters. The minimum atomic E-state index is -3.45. The number of hydrogen-bond acceptors (Lipinski definition) is 4. The Morgan fingerprint density at radius 1 is 0.903 bits per heavy atom. The number of piperidine rings is 1. The van der Waals surface area contributed by atoms with Gasteiger partial charge < -0.3 is 0 Å². The summed E-state index contributed by atoms with van der Waals surface area (Å²) < 4.78 is 28.8. The molecule has 6 nitrogen and oxygen atoms in total. The van der Waals surface area contributed by atoms with E-state index in [0.717, 1.165) is 37.7 Å². The van der Waals surface area contributed by atoms with Crippen molar-refractivity contribution in [3.8, 4) is 0 Å². The van der Waals surface area contributed by atoms with E-state index in [1.54, 1.807) is 39.3 Å². The van der Waals surface area contributed by atoms with E-state index in [0.29, 0.717) is 23.5 Å². The maximum atomic E-state index is 13.0. The fourth-order valence-corrected chi connectivity index (χ4v) is 5.96. The first-order valence-electron chi connectivity index (χ1n) is 11.4. The Labute approximate surface area is 184 Å². The van der Waals surface area contributed by atoms with Crippen LogP contribution in [0.2, 0.25) is 0 Å². The van der Waals surface area contributed by atoms with Gasteiger partial charge in [0.15, 0.2) is 0 Å². The van der Waals surface area contributed by atoms with Crippen molar-refractivity contribution in [3.05, 3.63) is 59.7 Å². The zero-order chi connectivity index (χ0) is 21.7. The molecule has 1 aromatic carbocycles. The van der Waals surface area contributed by atoms with Gasteiger partial charge in [-0.1, -0.05) is 43.9 Å².